The number of carboxylic acids is 1. The number of aliphatic carboxylic acids is 1. The first-order valence-corrected chi connectivity index (χ1v) is 4.93. The van der Waals surface area contributed by atoms with Crippen LogP contribution in [0.5, 0.6) is 0 Å². The van der Waals surface area contributed by atoms with E-state index in [4.69, 9.17) is 4.74 Å². The van der Waals surface area contributed by atoms with Crippen LogP contribution < -0.4 is 5.32 Å². The van der Waals surface area contributed by atoms with E-state index in [2.05, 4.69) is 5.32 Å². The van der Waals surface area contributed by atoms with Crippen LogP contribution in [0.1, 0.15) is 5.56 Å². The minimum absolute atomic E-state index is 0.151. The van der Waals surface area contributed by atoms with Gasteiger partial charge in [0.15, 0.2) is 5.54 Å². The Labute approximate surface area is 96.2 Å². The maximum absolute atomic E-state index is 13.1. The van der Waals surface area contributed by atoms with E-state index in [1.807, 2.05) is 0 Å². The van der Waals surface area contributed by atoms with Gasteiger partial charge in [0.1, 0.15) is 12.4 Å². The van der Waals surface area contributed by atoms with Crippen LogP contribution in [0.3, 0.4) is 0 Å². The fraction of sp³-hybridized carbons (Fsp3) is 0.273. The predicted molar refractivity (Wildman–Crippen MR) is 54.7 cm³/mol. The first kappa shape index (κ1) is 11.5. The van der Waals surface area contributed by atoms with Gasteiger partial charge in [0.2, 0.25) is 5.91 Å². The molecule has 0 aliphatic carbocycles. The number of hydrogen-bond donors (Lipinski definition) is 2. The fourth-order valence-corrected chi connectivity index (χ4v) is 1.76. The Balaban J connectivity index is 2.47. The van der Waals surface area contributed by atoms with E-state index in [9.17, 15) is 19.1 Å². The Hall–Kier alpha value is -1.95. The topological polar surface area (TPSA) is 75.6 Å². The first-order chi connectivity index (χ1) is 8.04. The molecule has 1 aliphatic rings. The fourth-order valence-electron chi connectivity index (χ4n) is 1.76. The van der Waals surface area contributed by atoms with Gasteiger partial charge in [-0.05, 0) is 17.7 Å². The quantitative estimate of drug-likeness (QED) is 0.775. The second-order valence-electron chi connectivity index (χ2n) is 3.76. The number of ether oxygens (including phenoxy) is 1. The molecule has 1 saturated heterocycles. The molecule has 2 rings (SSSR count). The average molecular weight is 239 g/mol. The van der Waals surface area contributed by atoms with Gasteiger partial charge in [0.05, 0.1) is 6.61 Å². The summed E-state index contributed by atoms with van der Waals surface area (Å²) in [7, 11) is 0. The first-order valence-electron chi connectivity index (χ1n) is 4.93. The van der Waals surface area contributed by atoms with Crippen molar-refractivity contribution in [1.82, 2.24) is 5.32 Å². The number of halogens is 1. The van der Waals surface area contributed by atoms with Gasteiger partial charge in [0.25, 0.3) is 0 Å². The molecule has 1 fully saturated rings. The van der Waals surface area contributed by atoms with Crippen LogP contribution in [0, 0.1) is 5.82 Å². The highest BCUT2D eigenvalue weighted by Crippen LogP contribution is 2.25. The van der Waals surface area contributed by atoms with Crippen LogP contribution >= 0.6 is 0 Å². The highest BCUT2D eigenvalue weighted by Gasteiger charge is 2.45. The molecule has 1 unspecified atom stereocenters. The molecular weight excluding hydrogens is 229 g/mol. The Kier molecular flexibility index (Phi) is 2.81. The second kappa shape index (κ2) is 4.14. The molecule has 0 aromatic heterocycles. The number of carbonyl (C=O) groups is 2. The Morgan fingerprint density at radius 1 is 1.53 bits per heavy atom. The Morgan fingerprint density at radius 3 is 2.88 bits per heavy atom. The molecule has 0 bridgehead atoms. The number of benzene rings is 1. The summed E-state index contributed by atoms with van der Waals surface area (Å²) in [4.78, 5) is 22.6. The van der Waals surface area contributed by atoms with Gasteiger partial charge in [-0.3, -0.25) is 4.79 Å². The molecule has 0 radical (unpaired) electrons. The molecule has 1 amide bonds. The van der Waals surface area contributed by atoms with Gasteiger partial charge in [-0.1, -0.05) is 12.1 Å². The van der Waals surface area contributed by atoms with Crippen molar-refractivity contribution in [2.24, 2.45) is 0 Å². The number of carboxylic acid groups (broad SMARTS) is 1. The highest BCUT2D eigenvalue weighted by atomic mass is 19.1. The Morgan fingerprint density at radius 2 is 2.29 bits per heavy atom. The monoisotopic (exact) mass is 239 g/mol. The highest BCUT2D eigenvalue weighted by molar-refractivity contribution is 5.89. The number of nitrogens with one attached hydrogen (secondary N) is 1. The SMILES string of the molecule is O=C1COCC(C(=O)O)(c2cccc(F)c2)N1. The van der Waals surface area contributed by atoms with Gasteiger partial charge >= 0.3 is 5.97 Å². The second-order valence-corrected chi connectivity index (χ2v) is 3.76. The van der Waals surface area contributed by atoms with E-state index in [0.29, 0.717) is 0 Å². The van der Waals surface area contributed by atoms with Crippen molar-refractivity contribution in [2.75, 3.05) is 13.2 Å². The van der Waals surface area contributed by atoms with Crippen molar-refractivity contribution in [3.63, 3.8) is 0 Å². The smallest absolute Gasteiger partial charge is 0.336 e. The van der Waals surface area contributed by atoms with E-state index < -0.39 is 23.2 Å². The van der Waals surface area contributed by atoms with E-state index in [0.717, 1.165) is 6.07 Å². The van der Waals surface area contributed by atoms with Gasteiger partial charge in [-0.15, -0.1) is 0 Å². The third-order valence-electron chi connectivity index (χ3n) is 2.59. The molecule has 0 spiro atoms. The summed E-state index contributed by atoms with van der Waals surface area (Å²) >= 11 is 0. The lowest BCUT2D eigenvalue weighted by Crippen LogP contribution is -2.59. The molecule has 2 N–H and O–H groups in total. The normalized spacial score (nSPS) is 24.2. The largest absolute Gasteiger partial charge is 0.479 e. The van der Waals surface area contributed by atoms with E-state index in [1.54, 1.807) is 0 Å². The van der Waals surface area contributed by atoms with Crippen LogP contribution in [0.4, 0.5) is 4.39 Å². The zero-order valence-corrected chi connectivity index (χ0v) is 8.77. The summed E-state index contributed by atoms with van der Waals surface area (Å²) in [6, 6.07) is 5.09. The molecular formula is C11H10FNO4. The number of hydrogen-bond acceptors (Lipinski definition) is 3. The predicted octanol–water partition coefficient (Wildman–Crippen LogP) is 0.252. The summed E-state index contributed by atoms with van der Waals surface area (Å²) in [6.07, 6.45) is 0. The van der Waals surface area contributed by atoms with Crippen LogP contribution in [-0.2, 0) is 19.9 Å². The standard InChI is InChI=1S/C11H10FNO4/c12-8-3-1-2-7(4-8)11(10(15)16)6-17-5-9(14)13-11/h1-4H,5-6H2,(H,13,14)(H,15,16). The molecule has 1 aromatic rings. The third-order valence-corrected chi connectivity index (χ3v) is 2.59. The summed E-state index contributed by atoms with van der Waals surface area (Å²) in [5, 5.41) is 11.6. The zero-order valence-electron chi connectivity index (χ0n) is 8.77. The summed E-state index contributed by atoms with van der Waals surface area (Å²) in [5.74, 6) is -2.39. The van der Waals surface area contributed by atoms with Crippen LogP contribution in [-0.4, -0.2) is 30.2 Å². The lowest BCUT2D eigenvalue weighted by atomic mass is 9.89. The molecule has 1 heterocycles. The summed E-state index contributed by atoms with van der Waals surface area (Å²) < 4.78 is 18.0. The lowest BCUT2D eigenvalue weighted by Gasteiger charge is -2.34. The number of morpholine rings is 1. The average Bonchev–Trinajstić information content (AvgIpc) is 2.28. The van der Waals surface area contributed by atoms with Crippen molar-refractivity contribution in [3.05, 3.63) is 35.6 Å². The maximum Gasteiger partial charge on any atom is 0.336 e. The van der Waals surface area contributed by atoms with E-state index in [-0.39, 0.29) is 18.8 Å². The van der Waals surface area contributed by atoms with Gasteiger partial charge in [-0.25, -0.2) is 9.18 Å². The van der Waals surface area contributed by atoms with Gasteiger partial charge < -0.3 is 15.2 Å². The molecule has 1 aliphatic heterocycles. The minimum atomic E-state index is -1.71. The van der Waals surface area contributed by atoms with Crippen molar-refractivity contribution >= 4 is 11.9 Å². The minimum Gasteiger partial charge on any atom is -0.479 e. The molecule has 1 aromatic carbocycles. The van der Waals surface area contributed by atoms with Crippen LogP contribution in [0.15, 0.2) is 24.3 Å². The maximum atomic E-state index is 13.1. The van der Waals surface area contributed by atoms with Gasteiger partial charge in [0, 0.05) is 0 Å². The number of amides is 1. The van der Waals surface area contributed by atoms with Crippen molar-refractivity contribution in [1.29, 1.82) is 0 Å². The van der Waals surface area contributed by atoms with Crippen LogP contribution in [0.25, 0.3) is 0 Å². The van der Waals surface area contributed by atoms with Gasteiger partial charge in [-0.2, -0.15) is 0 Å². The number of carbonyl (C=O) groups excluding carboxylic acids is 1. The van der Waals surface area contributed by atoms with E-state index >= 15 is 0 Å². The summed E-state index contributed by atoms with van der Waals surface area (Å²) in [5.41, 5.74) is -1.56. The van der Waals surface area contributed by atoms with E-state index in [1.165, 1.54) is 18.2 Å². The molecule has 17 heavy (non-hydrogen) atoms. The Bertz CT molecular complexity index is 476. The lowest BCUT2D eigenvalue weighted by molar-refractivity contribution is -0.158. The third kappa shape index (κ3) is 1.99. The molecule has 90 valence electrons. The van der Waals surface area contributed by atoms with Crippen molar-refractivity contribution in [3.8, 4) is 0 Å². The number of rotatable bonds is 2. The zero-order chi connectivity index (χ0) is 12.5. The van der Waals surface area contributed by atoms with Crippen molar-refractivity contribution in [2.45, 2.75) is 5.54 Å². The van der Waals surface area contributed by atoms with Crippen molar-refractivity contribution < 1.29 is 23.8 Å². The van der Waals surface area contributed by atoms with Crippen LogP contribution in [0.2, 0.25) is 0 Å². The molecule has 5 nitrogen and oxygen atoms in total. The molecule has 6 heteroatoms. The summed E-state index contributed by atoms with van der Waals surface area (Å²) in [6.45, 7) is -0.415. The molecule has 1 atom stereocenters. The molecule has 0 saturated carbocycles.